The third-order valence-corrected chi connectivity index (χ3v) is 4.74. The van der Waals surface area contributed by atoms with Gasteiger partial charge in [-0.05, 0) is 60.4 Å². The fourth-order valence-corrected chi connectivity index (χ4v) is 2.78. The van der Waals surface area contributed by atoms with Gasteiger partial charge in [-0.15, -0.1) is 0 Å². The lowest BCUT2D eigenvalue weighted by molar-refractivity contribution is -0.133. The summed E-state index contributed by atoms with van der Waals surface area (Å²) in [5.74, 6) is -0.887. The first kappa shape index (κ1) is 23.2. The van der Waals surface area contributed by atoms with Gasteiger partial charge >= 0.3 is 6.18 Å². The quantitative estimate of drug-likeness (QED) is 0.411. The predicted molar refractivity (Wildman–Crippen MR) is 100 cm³/mol. The molecule has 1 fully saturated rings. The van der Waals surface area contributed by atoms with E-state index >= 15 is 0 Å². The number of amides is 1. The Labute approximate surface area is 159 Å². The monoisotopic (exact) mass is 389 g/mol. The second-order valence-corrected chi connectivity index (χ2v) is 7.57. The molecule has 0 aromatic rings. The number of halogens is 3. The van der Waals surface area contributed by atoms with Crippen LogP contribution in [-0.2, 0) is 9.53 Å². The number of nitrogens with zero attached hydrogens (tertiary/aromatic N) is 2. The normalized spacial score (nSPS) is 23.1. The Balaban J connectivity index is 2.80. The van der Waals surface area contributed by atoms with Crippen LogP contribution < -0.4 is 5.32 Å². The van der Waals surface area contributed by atoms with Crippen molar-refractivity contribution >= 4 is 12.6 Å². The standard InChI is InChI=1S/C19H30F3N3O2/c1-7-8-15(19(20,21)22)16(23-5)27-12-18(3,4)17(26)24-14-9-10-25(6)13(2)11-14/h7-8,13-14H,5,9-12H2,1-4,6H3,(H,24,26)/b8-7-,16-15-/t13-,14-/m1/s1. The van der Waals surface area contributed by atoms with E-state index in [1.807, 2.05) is 7.05 Å². The first-order valence-corrected chi connectivity index (χ1v) is 8.97. The maximum Gasteiger partial charge on any atom is 0.421 e. The minimum absolute atomic E-state index is 0.0456. The lowest BCUT2D eigenvalue weighted by Crippen LogP contribution is -2.51. The molecule has 1 aliphatic rings. The van der Waals surface area contributed by atoms with Gasteiger partial charge in [0.05, 0.1) is 5.41 Å². The molecule has 154 valence electrons. The van der Waals surface area contributed by atoms with Gasteiger partial charge in [-0.3, -0.25) is 4.79 Å². The summed E-state index contributed by atoms with van der Waals surface area (Å²) in [7, 11) is 2.04. The molecule has 0 aromatic heterocycles. The number of aliphatic imine (C=N–C) groups is 1. The summed E-state index contributed by atoms with van der Waals surface area (Å²) in [5.41, 5.74) is -2.05. The second kappa shape index (κ2) is 9.39. The number of hydrogen-bond donors (Lipinski definition) is 1. The van der Waals surface area contributed by atoms with E-state index in [1.165, 1.54) is 13.0 Å². The van der Waals surface area contributed by atoms with E-state index in [9.17, 15) is 18.0 Å². The zero-order valence-corrected chi connectivity index (χ0v) is 16.7. The highest BCUT2D eigenvalue weighted by Crippen LogP contribution is 2.31. The number of rotatable bonds is 7. The van der Waals surface area contributed by atoms with Gasteiger partial charge in [-0.25, -0.2) is 4.99 Å². The summed E-state index contributed by atoms with van der Waals surface area (Å²) in [6.45, 7) is 10.6. The molecule has 0 spiro atoms. The molecule has 1 aliphatic heterocycles. The molecule has 1 N–H and O–H groups in total. The van der Waals surface area contributed by atoms with Gasteiger partial charge in [0.15, 0.2) is 0 Å². The molecule has 1 heterocycles. The van der Waals surface area contributed by atoms with Crippen LogP contribution in [0.1, 0.15) is 40.5 Å². The number of alkyl halides is 3. The van der Waals surface area contributed by atoms with Crippen molar-refractivity contribution in [3.8, 4) is 0 Å². The average molecular weight is 389 g/mol. The molecule has 1 amide bonds. The molecule has 0 radical (unpaired) electrons. The Morgan fingerprint density at radius 2 is 2.04 bits per heavy atom. The number of allylic oxidation sites excluding steroid dienone is 3. The van der Waals surface area contributed by atoms with Crippen LogP contribution in [0.2, 0.25) is 0 Å². The molecule has 2 atom stereocenters. The fraction of sp³-hybridized carbons (Fsp3) is 0.684. The predicted octanol–water partition coefficient (Wildman–Crippen LogP) is 3.68. The minimum Gasteiger partial charge on any atom is -0.476 e. The first-order valence-electron chi connectivity index (χ1n) is 8.97. The Morgan fingerprint density at radius 3 is 2.52 bits per heavy atom. The van der Waals surface area contributed by atoms with Gasteiger partial charge in [0.1, 0.15) is 12.2 Å². The third-order valence-electron chi connectivity index (χ3n) is 4.74. The van der Waals surface area contributed by atoms with Crippen molar-refractivity contribution in [1.29, 1.82) is 0 Å². The fourth-order valence-electron chi connectivity index (χ4n) is 2.78. The SMILES string of the molecule is C=N/C(OCC(C)(C)C(=O)N[C@@H]1CCN(C)[C@H](C)C1)=C(\C=C/C)C(F)(F)F. The topological polar surface area (TPSA) is 53.9 Å². The summed E-state index contributed by atoms with van der Waals surface area (Å²) in [6.07, 6.45) is -0.840. The Morgan fingerprint density at radius 1 is 1.41 bits per heavy atom. The van der Waals surface area contributed by atoms with E-state index in [2.05, 4.69) is 28.9 Å². The first-order chi connectivity index (χ1) is 12.4. The van der Waals surface area contributed by atoms with Crippen LogP contribution in [0.25, 0.3) is 0 Å². The van der Waals surface area contributed by atoms with Gasteiger partial charge in [-0.1, -0.05) is 6.08 Å². The van der Waals surface area contributed by atoms with Crippen molar-refractivity contribution in [2.24, 2.45) is 10.4 Å². The lowest BCUT2D eigenvalue weighted by atomic mass is 9.91. The van der Waals surface area contributed by atoms with Crippen LogP contribution in [-0.4, -0.2) is 56.0 Å². The molecular weight excluding hydrogens is 359 g/mol. The highest BCUT2D eigenvalue weighted by molar-refractivity contribution is 5.82. The molecular formula is C19H30F3N3O2. The molecule has 5 nitrogen and oxygen atoms in total. The van der Waals surface area contributed by atoms with Crippen LogP contribution in [0.3, 0.4) is 0 Å². The van der Waals surface area contributed by atoms with Gasteiger partial charge in [0.2, 0.25) is 11.8 Å². The van der Waals surface area contributed by atoms with Crippen molar-refractivity contribution in [1.82, 2.24) is 10.2 Å². The number of piperidine rings is 1. The van der Waals surface area contributed by atoms with Crippen LogP contribution >= 0.6 is 0 Å². The van der Waals surface area contributed by atoms with Gasteiger partial charge in [0.25, 0.3) is 0 Å². The molecule has 0 saturated carbocycles. The molecule has 1 rings (SSSR count). The smallest absolute Gasteiger partial charge is 0.421 e. The lowest BCUT2D eigenvalue weighted by Gasteiger charge is -2.36. The number of carbonyl (C=O) groups excluding carboxylic acids is 1. The van der Waals surface area contributed by atoms with Gasteiger partial charge < -0.3 is 15.0 Å². The van der Waals surface area contributed by atoms with Gasteiger partial charge in [0, 0.05) is 18.6 Å². The Bertz CT molecular complexity index is 597. The number of hydrogen-bond acceptors (Lipinski definition) is 4. The third kappa shape index (κ3) is 6.68. The van der Waals surface area contributed by atoms with Crippen LogP contribution in [0.15, 0.2) is 28.6 Å². The number of carbonyl (C=O) groups is 1. The van der Waals surface area contributed by atoms with E-state index in [4.69, 9.17) is 4.74 Å². The number of nitrogens with one attached hydrogen (secondary N) is 1. The maximum absolute atomic E-state index is 13.1. The van der Waals surface area contributed by atoms with E-state index in [0.717, 1.165) is 25.5 Å². The van der Waals surface area contributed by atoms with Crippen LogP contribution in [0.4, 0.5) is 13.2 Å². The summed E-state index contributed by atoms with van der Waals surface area (Å²) in [4.78, 5) is 18.2. The van der Waals surface area contributed by atoms with E-state index in [1.54, 1.807) is 13.8 Å². The van der Waals surface area contributed by atoms with Crippen molar-refractivity contribution in [3.05, 3.63) is 23.6 Å². The molecule has 1 saturated heterocycles. The molecule has 0 bridgehead atoms. The van der Waals surface area contributed by atoms with Crippen LogP contribution in [0, 0.1) is 5.41 Å². The Hall–Kier alpha value is -1.83. The Kier molecular flexibility index (Phi) is 8.07. The molecule has 0 aromatic carbocycles. The summed E-state index contributed by atoms with van der Waals surface area (Å²) < 4.78 is 44.7. The van der Waals surface area contributed by atoms with Crippen LogP contribution in [0.5, 0.6) is 0 Å². The molecule has 27 heavy (non-hydrogen) atoms. The largest absolute Gasteiger partial charge is 0.476 e. The van der Waals surface area contributed by atoms with E-state index in [-0.39, 0.29) is 18.6 Å². The molecule has 0 aliphatic carbocycles. The zero-order valence-electron chi connectivity index (χ0n) is 16.7. The highest BCUT2D eigenvalue weighted by Gasteiger charge is 2.37. The molecule has 8 heteroatoms. The van der Waals surface area contributed by atoms with E-state index in [0.29, 0.717) is 6.04 Å². The van der Waals surface area contributed by atoms with Crippen molar-refractivity contribution in [2.45, 2.75) is 58.8 Å². The van der Waals surface area contributed by atoms with Gasteiger partial charge in [-0.2, -0.15) is 13.2 Å². The average Bonchev–Trinajstić information content (AvgIpc) is 2.56. The maximum atomic E-state index is 13.1. The minimum atomic E-state index is -4.63. The van der Waals surface area contributed by atoms with E-state index < -0.39 is 23.0 Å². The summed E-state index contributed by atoms with van der Waals surface area (Å²) >= 11 is 0. The second-order valence-electron chi connectivity index (χ2n) is 7.57. The highest BCUT2D eigenvalue weighted by atomic mass is 19.4. The summed E-state index contributed by atoms with van der Waals surface area (Å²) in [6, 6.07) is 0.405. The zero-order chi connectivity index (χ0) is 20.8. The van der Waals surface area contributed by atoms with Crippen molar-refractivity contribution in [2.75, 3.05) is 20.2 Å². The number of ether oxygens (including phenoxy) is 1. The van der Waals surface area contributed by atoms with Crippen molar-refractivity contribution < 1.29 is 22.7 Å². The molecule has 0 unspecified atom stereocenters. The van der Waals surface area contributed by atoms with Crippen molar-refractivity contribution in [3.63, 3.8) is 0 Å². The summed E-state index contributed by atoms with van der Waals surface area (Å²) in [5, 5.41) is 2.99. The number of likely N-dealkylation sites (tertiary alicyclic amines) is 1.